The second-order valence-corrected chi connectivity index (χ2v) is 6.66. The molecule has 1 amide bonds. The summed E-state index contributed by atoms with van der Waals surface area (Å²) in [4.78, 5) is 25.7. The van der Waals surface area contributed by atoms with Crippen LogP contribution >= 0.6 is 22.9 Å². The van der Waals surface area contributed by atoms with Crippen LogP contribution in [-0.4, -0.2) is 40.5 Å². The standard InChI is InChI=1S/C14H18ClN5OS/c1-3-10-11(15)19-12(18-10)13(21)16-4-9-5-20(6-9)14-17-8(2)7-22-14/h7,9H,3-6H2,1-2H3,(H,16,21)(H,18,19). The Bertz CT molecular complexity index is 677. The van der Waals surface area contributed by atoms with Crippen LogP contribution in [-0.2, 0) is 6.42 Å². The van der Waals surface area contributed by atoms with Crippen molar-refractivity contribution >= 4 is 34.0 Å². The van der Waals surface area contributed by atoms with Gasteiger partial charge in [-0.1, -0.05) is 18.5 Å². The van der Waals surface area contributed by atoms with E-state index in [1.807, 2.05) is 13.8 Å². The van der Waals surface area contributed by atoms with Gasteiger partial charge >= 0.3 is 0 Å². The van der Waals surface area contributed by atoms with E-state index < -0.39 is 0 Å². The summed E-state index contributed by atoms with van der Waals surface area (Å²) in [7, 11) is 0. The highest BCUT2D eigenvalue weighted by molar-refractivity contribution is 7.13. The van der Waals surface area contributed by atoms with Crippen LogP contribution in [0.3, 0.4) is 0 Å². The van der Waals surface area contributed by atoms with Gasteiger partial charge in [0.15, 0.2) is 16.1 Å². The summed E-state index contributed by atoms with van der Waals surface area (Å²) in [5.74, 6) is 0.531. The van der Waals surface area contributed by atoms with E-state index in [0.717, 1.165) is 36.0 Å². The molecule has 0 aromatic carbocycles. The van der Waals surface area contributed by atoms with Crippen molar-refractivity contribution in [1.82, 2.24) is 20.3 Å². The molecule has 0 radical (unpaired) electrons. The van der Waals surface area contributed by atoms with Crippen LogP contribution in [0.5, 0.6) is 0 Å². The van der Waals surface area contributed by atoms with Crippen LogP contribution in [0.4, 0.5) is 5.13 Å². The molecular formula is C14H18ClN5OS. The molecule has 2 aromatic heterocycles. The average Bonchev–Trinajstić information content (AvgIpc) is 3.03. The molecule has 3 rings (SSSR count). The zero-order valence-electron chi connectivity index (χ0n) is 12.5. The number of aromatic amines is 1. The number of aromatic nitrogens is 3. The molecule has 2 aromatic rings. The Morgan fingerprint density at radius 3 is 2.91 bits per heavy atom. The van der Waals surface area contributed by atoms with E-state index in [2.05, 4.69) is 30.5 Å². The lowest BCUT2D eigenvalue weighted by atomic mass is 10.0. The lowest BCUT2D eigenvalue weighted by molar-refractivity contribution is 0.0935. The van der Waals surface area contributed by atoms with Crippen molar-refractivity contribution in [1.29, 1.82) is 0 Å². The fourth-order valence-corrected chi connectivity index (χ4v) is 3.48. The minimum absolute atomic E-state index is 0.204. The van der Waals surface area contributed by atoms with E-state index in [0.29, 0.717) is 17.6 Å². The first-order valence-electron chi connectivity index (χ1n) is 7.26. The van der Waals surface area contributed by atoms with Gasteiger partial charge in [-0.3, -0.25) is 4.79 Å². The van der Waals surface area contributed by atoms with Gasteiger partial charge < -0.3 is 15.2 Å². The van der Waals surface area contributed by atoms with Gasteiger partial charge in [0.25, 0.3) is 5.91 Å². The predicted molar refractivity (Wildman–Crippen MR) is 87.9 cm³/mol. The van der Waals surface area contributed by atoms with Crippen LogP contribution in [0.25, 0.3) is 0 Å². The predicted octanol–water partition coefficient (Wildman–Crippen LogP) is 2.26. The number of rotatable bonds is 5. The van der Waals surface area contributed by atoms with Crippen molar-refractivity contribution in [2.24, 2.45) is 5.92 Å². The van der Waals surface area contributed by atoms with Crippen LogP contribution in [0, 0.1) is 12.8 Å². The van der Waals surface area contributed by atoms with Gasteiger partial charge in [-0.05, 0) is 13.3 Å². The van der Waals surface area contributed by atoms with Crippen molar-refractivity contribution in [3.8, 4) is 0 Å². The van der Waals surface area contributed by atoms with E-state index in [4.69, 9.17) is 11.6 Å². The maximum Gasteiger partial charge on any atom is 0.287 e. The summed E-state index contributed by atoms with van der Waals surface area (Å²) in [5, 5.41) is 6.40. The van der Waals surface area contributed by atoms with Crippen molar-refractivity contribution in [3.63, 3.8) is 0 Å². The average molecular weight is 340 g/mol. The molecule has 6 nitrogen and oxygen atoms in total. The third-order valence-electron chi connectivity index (χ3n) is 3.68. The van der Waals surface area contributed by atoms with Gasteiger partial charge in [-0.15, -0.1) is 11.3 Å². The SMILES string of the molecule is CCc1[nH]c(C(=O)NCC2CN(c3nc(C)cs3)C2)nc1Cl. The number of hydrogen-bond acceptors (Lipinski definition) is 5. The molecular weight excluding hydrogens is 322 g/mol. The third-order valence-corrected chi connectivity index (χ3v) is 5.01. The molecule has 8 heteroatoms. The van der Waals surface area contributed by atoms with Crippen molar-refractivity contribution < 1.29 is 4.79 Å². The minimum atomic E-state index is -0.204. The maximum absolute atomic E-state index is 12.0. The van der Waals surface area contributed by atoms with Crippen LogP contribution in [0.1, 0.15) is 28.9 Å². The number of hydrogen-bond donors (Lipinski definition) is 2. The minimum Gasteiger partial charge on any atom is -0.349 e. The number of thiazole rings is 1. The number of nitrogens with zero attached hydrogens (tertiary/aromatic N) is 3. The van der Waals surface area contributed by atoms with Crippen molar-refractivity contribution in [3.05, 3.63) is 27.7 Å². The fourth-order valence-electron chi connectivity index (χ4n) is 2.39. The Hall–Kier alpha value is -1.60. The molecule has 0 saturated carbocycles. The highest BCUT2D eigenvalue weighted by atomic mass is 35.5. The number of nitrogens with one attached hydrogen (secondary N) is 2. The number of halogens is 1. The van der Waals surface area contributed by atoms with E-state index in [1.54, 1.807) is 11.3 Å². The summed E-state index contributed by atoms with van der Waals surface area (Å²) >= 11 is 7.61. The van der Waals surface area contributed by atoms with Crippen molar-refractivity contribution in [2.75, 3.05) is 24.5 Å². The maximum atomic E-state index is 12.0. The third kappa shape index (κ3) is 3.10. The number of carbonyl (C=O) groups excluding carboxylic acids is 1. The first kappa shape index (κ1) is 15.3. The zero-order valence-corrected chi connectivity index (χ0v) is 14.1. The number of carbonyl (C=O) groups is 1. The highest BCUT2D eigenvalue weighted by Crippen LogP contribution is 2.27. The van der Waals surface area contributed by atoms with E-state index in [-0.39, 0.29) is 11.7 Å². The second kappa shape index (κ2) is 6.26. The molecule has 1 saturated heterocycles. The molecule has 1 aliphatic rings. The summed E-state index contributed by atoms with van der Waals surface area (Å²) in [6.45, 7) is 6.44. The van der Waals surface area contributed by atoms with Gasteiger partial charge in [0.05, 0.1) is 11.4 Å². The lowest BCUT2D eigenvalue weighted by Gasteiger charge is -2.39. The van der Waals surface area contributed by atoms with Gasteiger partial charge in [-0.2, -0.15) is 0 Å². The Labute approximate surface area is 137 Å². The van der Waals surface area contributed by atoms with Gasteiger partial charge in [-0.25, -0.2) is 9.97 Å². The number of aryl methyl sites for hydroxylation is 2. The van der Waals surface area contributed by atoms with E-state index >= 15 is 0 Å². The molecule has 0 unspecified atom stereocenters. The Morgan fingerprint density at radius 2 is 2.32 bits per heavy atom. The molecule has 2 N–H and O–H groups in total. The lowest BCUT2D eigenvalue weighted by Crippen LogP contribution is -2.51. The summed E-state index contributed by atoms with van der Waals surface area (Å²) in [6, 6.07) is 0. The van der Waals surface area contributed by atoms with Gasteiger partial charge in [0, 0.05) is 30.9 Å². The molecule has 1 fully saturated rings. The Kier molecular flexibility index (Phi) is 4.35. The van der Waals surface area contributed by atoms with E-state index in [9.17, 15) is 4.79 Å². The monoisotopic (exact) mass is 339 g/mol. The van der Waals surface area contributed by atoms with Gasteiger partial charge in [0.1, 0.15) is 0 Å². The normalized spacial score (nSPS) is 15.0. The molecule has 0 bridgehead atoms. The Balaban J connectivity index is 1.46. The number of anilines is 1. The summed E-state index contributed by atoms with van der Waals surface area (Å²) in [6.07, 6.45) is 0.726. The number of imidazole rings is 1. The van der Waals surface area contributed by atoms with Crippen molar-refractivity contribution in [2.45, 2.75) is 20.3 Å². The first-order chi connectivity index (χ1) is 10.6. The van der Waals surface area contributed by atoms with E-state index in [1.165, 1.54) is 0 Å². The summed E-state index contributed by atoms with van der Waals surface area (Å²) in [5.41, 5.74) is 1.85. The Morgan fingerprint density at radius 1 is 1.55 bits per heavy atom. The van der Waals surface area contributed by atoms with Gasteiger partial charge in [0.2, 0.25) is 0 Å². The molecule has 22 heavy (non-hydrogen) atoms. The summed E-state index contributed by atoms with van der Waals surface area (Å²) < 4.78 is 0. The molecule has 3 heterocycles. The smallest absolute Gasteiger partial charge is 0.287 e. The second-order valence-electron chi connectivity index (χ2n) is 5.46. The zero-order chi connectivity index (χ0) is 15.7. The largest absolute Gasteiger partial charge is 0.349 e. The molecule has 1 aliphatic heterocycles. The van der Waals surface area contributed by atoms with Crippen LogP contribution < -0.4 is 10.2 Å². The van der Waals surface area contributed by atoms with Crippen LogP contribution in [0.15, 0.2) is 5.38 Å². The molecule has 0 spiro atoms. The highest BCUT2D eigenvalue weighted by Gasteiger charge is 2.29. The number of H-pyrrole nitrogens is 1. The van der Waals surface area contributed by atoms with Crippen LogP contribution in [0.2, 0.25) is 5.15 Å². The number of amides is 1. The quantitative estimate of drug-likeness (QED) is 0.876. The molecule has 118 valence electrons. The molecule has 0 atom stereocenters. The fraction of sp³-hybridized carbons (Fsp3) is 0.500. The first-order valence-corrected chi connectivity index (χ1v) is 8.52. The molecule has 0 aliphatic carbocycles. The topological polar surface area (TPSA) is 73.9 Å².